The van der Waals surface area contributed by atoms with Crippen molar-refractivity contribution >= 4 is 11.8 Å². The van der Waals surface area contributed by atoms with Gasteiger partial charge in [-0.3, -0.25) is 4.48 Å². The number of unbranched alkanes of at least 4 members (excludes halogenated alkanes) is 14. The summed E-state index contributed by atoms with van der Waals surface area (Å²) in [4.78, 5) is 16.0. The first-order valence-corrected chi connectivity index (χ1v) is 12.7. The van der Waals surface area contributed by atoms with Crippen molar-refractivity contribution in [1.82, 2.24) is 0 Å². The summed E-state index contributed by atoms with van der Waals surface area (Å²) in [5.74, 6) is 0.193. The predicted octanol–water partition coefficient (Wildman–Crippen LogP) is 5.64. The number of nitrogens with zero attached hydrogens (tertiary/aromatic N) is 2. The number of carboxylic acid groups (broad SMARTS) is 1. The van der Waals surface area contributed by atoms with Crippen LogP contribution in [0.2, 0.25) is 0 Å². The van der Waals surface area contributed by atoms with Gasteiger partial charge < -0.3 is 9.90 Å². The molecule has 0 aromatic carbocycles. The number of amidine groups is 1. The first kappa shape index (κ1) is 26.1. The maximum atomic E-state index is 11.3. The molecule has 0 N–H and O–H groups in total. The van der Waals surface area contributed by atoms with Crippen molar-refractivity contribution in [2.24, 2.45) is 4.99 Å². The number of aliphatic carboxylic acids is 1. The molecule has 0 aromatic rings. The van der Waals surface area contributed by atoms with E-state index in [1.165, 1.54) is 83.5 Å². The maximum absolute atomic E-state index is 11.3. The van der Waals surface area contributed by atoms with Crippen molar-refractivity contribution < 1.29 is 14.4 Å². The molecule has 0 aromatic heterocycles. The van der Waals surface area contributed by atoms with Gasteiger partial charge in [-0.2, -0.15) is 0 Å². The Bertz CT molecular complexity index is 450. The van der Waals surface area contributed by atoms with Crippen LogP contribution in [-0.4, -0.2) is 42.5 Å². The van der Waals surface area contributed by atoms with E-state index in [1.807, 2.05) is 0 Å². The van der Waals surface area contributed by atoms with Crippen LogP contribution in [0.4, 0.5) is 0 Å². The first-order chi connectivity index (χ1) is 14.1. The average molecular weight is 409 g/mol. The molecule has 0 amide bonds. The molecule has 1 rings (SSSR count). The smallest absolute Gasteiger partial charge is 0.198 e. The molecule has 0 bridgehead atoms. The van der Waals surface area contributed by atoms with Gasteiger partial charge in [0.15, 0.2) is 5.84 Å². The number of carboxylic acids is 1. The van der Waals surface area contributed by atoms with E-state index >= 15 is 0 Å². The number of carbonyl (C=O) groups excluding carboxylic acids is 1. The lowest BCUT2D eigenvalue weighted by Crippen LogP contribution is -2.56. The number of rotatable bonds is 20. The Hall–Kier alpha value is -0.900. The molecule has 1 heterocycles. The van der Waals surface area contributed by atoms with Crippen molar-refractivity contribution in [2.75, 3.05) is 26.2 Å². The van der Waals surface area contributed by atoms with E-state index in [0.717, 1.165) is 51.2 Å². The van der Waals surface area contributed by atoms with Gasteiger partial charge in [0.05, 0.1) is 19.1 Å². The molecule has 4 nitrogen and oxygen atoms in total. The van der Waals surface area contributed by atoms with Crippen molar-refractivity contribution in [3.05, 3.63) is 0 Å². The van der Waals surface area contributed by atoms with Crippen molar-refractivity contribution in [3.8, 4) is 0 Å². The van der Waals surface area contributed by atoms with Gasteiger partial charge in [-0.05, 0) is 12.8 Å². The third kappa shape index (κ3) is 11.8. The quantitative estimate of drug-likeness (QED) is 0.193. The molecule has 29 heavy (non-hydrogen) atoms. The van der Waals surface area contributed by atoms with E-state index in [0.29, 0.717) is 4.48 Å². The highest BCUT2D eigenvalue weighted by Crippen LogP contribution is 2.21. The zero-order valence-electron chi connectivity index (χ0n) is 19.6. The van der Waals surface area contributed by atoms with Crippen LogP contribution in [0.5, 0.6) is 0 Å². The third-order valence-corrected chi connectivity index (χ3v) is 6.50. The Labute approximate surface area is 180 Å². The SMILES string of the molecule is CCCCCCCCCCCCCCCCC1=NCC[N+]1(CCCC)CC(=O)[O-]. The largest absolute Gasteiger partial charge is 0.544 e. The second-order valence-electron chi connectivity index (χ2n) is 9.12. The molecule has 1 atom stereocenters. The van der Waals surface area contributed by atoms with Gasteiger partial charge in [0.25, 0.3) is 0 Å². The van der Waals surface area contributed by atoms with Crippen molar-refractivity contribution in [2.45, 2.75) is 123 Å². The molecule has 1 aliphatic heterocycles. The Morgan fingerprint density at radius 2 is 1.28 bits per heavy atom. The number of hydrogen-bond acceptors (Lipinski definition) is 3. The van der Waals surface area contributed by atoms with E-state index in [4.69, 9.17) is 4.99 Å². The van der Waals surface area contributed by atoms with Gasteiger partial charge in [0.2, 0.25) is 0 Å². The zero-order chi connectivity index (χ0) is 21.2. The van der Waals surface area contributed by atoms with Crippen LogP contribution in [-0.2, 0) is 4.79 Å². The monoisotopic (exact) mass is 408 g/mol. The molecule has 0 radical (unpaired) electrons. The highest BCUT2D eigenvalue weighted by molar-refractivity contribution is 5.79. The number of carbonyl (C=O) groups is 1. The average Bonchev–Trinajstić information content (AvgIpc) is 3.08. The topological polar surface area (TPSA) is 52.5 Å². The summed E-state index contributed by atoms with van der Waals surface area (Å²) < 4.78 is 0.564. The Balaban J connectivity index is 2.05. The fourth-order valence-corrected chi connectivity index (χ4v) is 4.64. The molecule has 4 heteroatoms. The number of quaternary nitrogens is 1. The molecule has 0 aliphatic carbocycles. The second kappa shape index (κ2) is 16.8. The summed E-state index contributed by atoms with van der Waals surface area (Å²) in [6.07, 6.45) is 22.2. The molecule has 0 saturated heterocycles. The van der Waals surface area contributed by atoms with Crippen LogP contribution in [0.1, 0.15) is 123 Å². The van der Waals surface area contributed by atoms with E-state index < -0.39 is 5.97 Å². The van der Waals surface area contributed by atoms with Gasteiger partial charge in [-0.25, -0.2) is 4.99 Å². The summed E-state index contributed by atoms with van der Waals surface area (Å²) >= 11 is 0. The highest BCUT2D eigenvalue weighted by Gasteiger charge is 2.37. The highest BCUT2D eigenvalue weighted by atomic mass is 16.4. The van der Waals surface area contributed by atoms with E-state index in [1.54, 1.807) is 0 Å². The normalized spacial score (nSPS) is 18.9. The van der Waals surface area contributed by atoms with E-state index in [-0.39, 0.29) is 6.54 Å². The molecular weight excluding hydrogens is 360 g/mol. The van der Waals surface area contributed by atoms with Gasteiger partial charge in [0, 0.05) is 6.42 Å². The number of aliphatic imine (C=N–C) groups is 1. The van der Waals surface area contributed by atoms with Crippen LogP contribution >= 0.6 is 0 Å². The lowest BCUT2D eigenvalue weighted by Gasteiger charge is -2.35. The fraction of sp³-hybridized carbons (Fsp3) is 0.920. The van der Waals surface area contributed by atoms with Gasteiger partial charge >= 0.3 is 0 Å². The molecule has 1 aliphatic rings. The minimum Gasteiger partial charge on any atom is -0.544 e. The predicted molar refractivity (Wildman–Crippen MR) is 122 cm³/mol. The minimum absolute atomic E-state index is 0.109. The van der Waals surface area contributed by atoms with Crippen LogP contribution in [0.15, 0.2) is 4.99 Å². The van der Waals surface area contributed by atoms with E-state index in [2.05, 4.69) is 13.8 Å². The lowest BCUT2D eigenvalue weighted by molar-refractivity contribution is -0.831. The number of hydrogen-bond donors (Lipinski definition) is 0. The Kier molecular flexibility index (Phi) is 15.2. The molecular formula is C25H48N2O2. The zero-order valence-corrected chi connectivity index (χ0v) is 19.6. The summed E-state index contributed by atoms with van der Waals surface area (Å²) in [6.45, 7) is 7.09. The standard InChI is InChI=1S/C25H48N2O2/c1-3-5-7-8-9-10-11-12-13-14-15-16-17-18-19-24-26-20-22-27(24,21-6-4-2)23-25(28)29/h3-23H2,1-2H3. The minimum atomic E-state index is -0.934. The molecule has 0 saturated carbocycles. The van der Waals surface area contributed by atoms with Gasteiger partial charge in [0.1, 0.15) is 13.1 Å². The van der Waals surface area contributed by atoms with Crippen LogP contribution < -0.4 is 5.11 Å². The van der Waals surface area contributed by atoms with Crippen molar-refractivity contribution in [3.63, 3.8) is 0 Å². The van der Waals surface area contributed by atoms with Gasteiger partial charge in [-0.1, -0.05) is 104 Å². The molecule has 170 valence electrons. The van der Waals surface area contributed by atoms with Crippen molar-refractivity contribution in [1.29, 1.82) is 0 Å². The summed E-state index contributed by atoms with van der Waals surface area (Å²) in [5.41, 5.74) is 0. The molecule has 0 fully saturated rings. The lowest BCUT2D eigenvalue weighted by atomic mass is 10.0. The van der Waals surface area contributed by atoms with Crippen LogP contribution in [0.3, 0.4) is 0 Å². The second-order valence-corrected chi connectivity index (χ2v) is 9.12. The fourth-order valence-electron chi connectivity index (χ4n) is 4.64. The first-order valence-electron chi connectivity index (χ1n) is 12.7. The Morgan fingerprint density at radius 1 is 0.793 bits per heavy atom. The van der Waals surface area contributed by atoms with Crippen LogP contribution in [0, 0.1) is 0 Å². The Morgan fingerprint density at radius 3 is 1.76 bits per heavy atom. The molecule has 1 unspecified atom stereocenters. The third-order valence-electron chi connectivity index (χ3n) is 6.50. The molecule has 0 spiro atoms. The van der Waals surface area contributed by atoms with Crippen LogP contribution in [0.25, 0.3) is 0 Å². The van der Waals surface area contributed by atoms with Gasteiger partial charge in [-0.15, -0.1) is 0 Å². The summed E-state index contributed by atoms with van der Waals surface area (Å²) in [5, 5.41) is 11.3. The van der Waals surface area contributed by atoms with E-state index in [9.17, 15) is 9.90 Å². The maximum Gasteiger partial charge on any atom is 0.198 e. The summed E-state index contributed by atoms with van der Waals surface area (Å²) in [7, 11) is 0. The summed E-state index contributed by atoms with van der Waals surface area (Å²) in [6, 6.07) is 0.